The van der Waals surface area contributed by atoms with Gasteiger partial charge in [-0.15, -0.1) is 11.8 Å². The Labute approximate surface area is 120 Å². The molecule has 0 unspecified atom stereocenters. The topological polar surface area (TPSA) is 88.3 Å². The van der Waals surface area contributed by atoms with Crippen LogP contribution < -0.4 is 5.32 Å². The Hall–Kier alpha value is -2.02. The Bertz CT molecular complexity index is 593. The van der Waals surface area contributed by atoms with E-state index < -0.39 is 0 Å². The number of amides is 1. The molecule has 0 aliphatic heterocycles. The molecule has 6 nitrogen and oxygen atoms in total. The van der Waals surface area contributed by atoms with E-state index in [1.165, 1.54) is 24.0 Å². The second kappa shape index (κ2) is 6.42. The summed E-state index contributed by atoms with van der Waals surface area (Å²) in [6.45, 7) is 3.72. The molecule has 1 amide bonds. The number of carbonyl (C=O) groups excluding carboxylic acids is 1. The van der Waals surface area contributed by atoms with Crippen LogP contribution in [0.15, 0.2) is 22.9 Å². The Balaban J connectivity index is 1.83. The third-order valence-electron chi connectivity index (χ3n) is 2.71. The number of aromatic nitrogens is 2. The highest BCUT2D eigenvalue weighted by Crippen LogP contribution is 2.21. The molecule has 106 valence electrons. The monoisotopic (exact) mass is 293 g/mol. The molecule has 0 atom stereocenters. The van der Waals surface area contributed by atoms with Gasteiger partial charge >= 0.3 is 0 Å². The van der Waals surface area contributed by atoms with Gasteiger partial charge in [-0.25, -0.2) is 4.98 Å². The number of nitrogens with zero attached hydrogens (tertiary/aromatic N) is 2. The van der Waals surface area contributed by atoms with Crippen molar-refractivity contribution in [2.45, 2.75) is 19.6 Å². The molecular weight excluding hydrogens is 278 g/mol. The van der Waals surface area contributed by atoms with Crippen molar-refractivity contribution in [2.24, 2.45) is 0 Å². The summed E-state index contributed by atoms with van der Waals surface area (Å²) in [6.07, 6.45) is 1.51. The van der Waals surface area contributed by atoms with Crippen LogP contribution in [0.3, 0.4) is 0 Å². The average Bonchev–Trinajstić information content (AvgIpc) is 2.73. The molecule has 2 aromatic heterocycles. The molecule has 0 fully saturated rings. The number of pyridine rings is 1. The maximum absolute atomic E-state index is 11.7. The van der Waals surface area contributed by atoms with Crippen molar-refractivity contribution in [1.29, 1.82) is 0 Å². The van der Waals surface area contributed by atoms with Crippen LogP contribution in [0.4, 0.5) is 5.82 Å². The molecule has 0 aromatic carbocycles. The normalized spacial score (nSPS) is 10.5. The van der Waals surface area contributed by atoms with Crippen molar-refractivity contribution in [3.63, 3.8) is 0 Å². The highest BCUT2D eigenvalue weighted by atomic mass is 32.2. The van der Waals surface area contributed by atoms with E-state index in [0.717, 1.165) is 17.0 Å². The molecule has 0 aliphatic carbocycles. The van der Waals surface area contributed by atoms with Gasteiger partial charge in [-0.05, 0) is 26.0 Å². The number of aryl methyl sites for hydroxylation is 2. The van der Waals surface area contributed by atoms with Crippen LogP contribution in [0.5, 0.6) is 5.75 Å². The summed E-state index contributed by atoms with van der Waals surface area (Å²) in [5.41, 5.74) is 1.86. The van der Waals surface area contributed by atoms with Crippen molar-refractivity contribution in [3.05, 3.63) is 35.3 Å². The first-order valence-corrected chi connectivity index (χ1v) is 7.16. The molecule has 7 heteroatoms. The highest BCUT2D eigenvalue weighted by molar-refractivity contribution is 7.99. The maximum atomic E-state index is 11.7. The lowest BCUT2D eigenvalue weighted by Crippen LogP contribution is -2.15. The van der Waals surface area contributed by atoms with E-state index >= 15 is 0 Å². The molecule has 0 saturated carbocycles. The van der Waals surface area contributed by atoms with E-state index in [-0.39, 0.29) is 23.2 Å². The zero-order valence-electron chi connectivity index (χ0n) is 11.2. The quantitative estimate of drug-likeness (QED) is 0.879. The van der Waals surface area contributed by atoms with Gasteiger partial charge in [-0.1, -0.05) is 5.16 Å². The number of rotatable bonds is 5. The van der Waals surface area contributed by atoms with E-state index in [9.17, 15) is 9.90 Å². The average molecular weight is 293 g/mol. The third kappa shape index (κ3) is 3.51. The molecule has 0 spiro atoms. The van der Waals surface area contributed by atoms with Crippen molar-refractivity contribution >= 4 is 23.5 Å². The third-order valence-corrected chi connectivity index (χ3v) is 3.66. The second-order valence-corrected chi connectivity index (χ2v) is 5.20. The molecule has 2 aromatic rings. The first-order valence-electron chi connectivity index (χ1n) is 6.01. The SMILES string of the molecule is Cc1noc(C)c1CSCC(=O)Nc1ncccc1O. The minimum atomic E-state index is -0.212. The number of carbonyl (C=O) groups is 1. The molecular formula is C13H15N3O3S. The van der Waals surface area contributed by atoms with Gasteiger partial charge in [0.05, 0.1) is 11.4 Å². The lowest BCUT2D eigenvalue weighted by molar-refractivity contribution is -0.113. The van der Waals surface area contributed by atoms with Crippen LogP contribution in [0.1, 0.15) is 17.0 Å². The fourth-order valence-corrected chi connectivity index (χ4v) is 2.59. The van der Waals surface area contributed by atoms with E-state index in [1.54, 1.807) is 6.07 Å². The molecule has 0 aliphatic rings. The number of nitrogens with one attached hydrogen (secondary N) is 1. The first kappa shape index (κ1) is 14.4. The smallest absolute Gasteiger partial charge is 0.235 e. The molecule has 0 saturated heterocycles. The highest BCUT2D eigenvalue weighted by Gasteiger charge is 2.11. The van der Waals surface area contributed by atoms with Gasteiger partial charge in [0.2, 0.25) is 5.91 Å². The second-order valence-electron chi connectivity index (χ2n) is 4.21. The van der Waals surface area contributed by atoms with Crippen molar-refractivity contribution in [3.8, 4) is 5.75 Å². The molecule has 2 N–H and O–H groups in total. The van der Waals surface area contributed by atoms with E-state index in [2.05, 4.69) is 15.5 Å². The molecule has 2 heterocycles. The molecule has 0 bridgehead atoms. The fourth-order valence-electron chi connectivity index (χ4n) is 1.62. The summed E-state index contributed by atoms with van der Waals surface area (Å²) in [5.74, 6) is 1.61. The van der Waals surface area contributed by atoms with Crippen LogP contribution >= 0.6 is 11.8 Å². The Morgan fingerprint density at radius 1 is 1.50 bits per heavy atom. The summed E-state index contributed by atoms with van der Waals surface area (Å²) in [5, 5.41) is 15.9. The molecule has 20 heavy (non-hydrogen) atoms. The minimum absolute atomic E-state index is 0.0448. The van der Waals surface area contributed by atoms with Gasteiger partial charge in [0, 0.05) is 17.5 Å². The summed E-state index contributed by atoms with van der Waals surface area (Å²) >= 11 is 1.45. The van der Waals surface area contributed by atoms with Gasteiger partial charge in [-0.2, -0.15) is 0 Å². The number of aromatic hydroxyl groups is 1. The van der Waals surface area contributed by atoms with Gasteiger partial charge in [-0.3, -0.25) is 4.79 Å². The predicted molar refractivity (Wildman–Crippen MR) is 76.7 cm³/mol. The lowest BCUT2D eigenvalue weighted by atomic mass is 10.2. The van der Waals surface area contributed by atoms with Crippen LogP contribution in [-0.4, -0.2) is 26.9 Å². The van der Waals surface area contributed by atoms with E-state index in [0.29, 0.717) is 5.75 Å². The summed E-state index contributed by atoms with van der Waals surface area (Å²) in [6, 6.07) is 3.07. The Morgan fingerprint density at radius 2 is 2.30 bits per heavy atom. The maximum Gasteiger partial charge on any atom is 0.235 e. The van der Waals surface area contributed by atoms with Gasteiger partial charge < -0.3 is 14.9 Å². The van der Waals surface area contributed by atoms with Crippen molar-refractivity contribution < 1.29 is 14.4 Å². The van der Waals surface area contributed by atoms with Crippen LogP contribution in [0.25, 0.3) is 0 Å². The predicted octanol–water partition coefficient (Wildman–Crippen LogP) is 2.26. The Morgan fingerprint density at radius 3 is 2.95 bits per heavy atom. The van der Waals surface area contributed by atoms with E-state index in [4.69, 9.17) is 4.52 Å². The first-order chi connectivity index (χ1) is 9.58. The van der Waals surface area contributed by atoms with Gasteiger partial charge in [0.15, 0.2) is 11.6 Å². The van der Waals surface area contributed by atoms with Crippen LogP contribution in [0.2, 0.25) is 0 Å². The molecule has 0 radical (unpaired) electrons. The zero-order chi connectivity index (χ0) is 14.5. The number of thioether (sulfide) groups is 1. The van der Waals surface area contributed by atoms with Crippen molar-refractivity contribution in [1.82, 2.24) is 10.1 Å². The van der Waals surface area contributed by atoms with Gasteiger partial charge in [0.1, 0.15) is 5.76 Å². The zero-order valence-corrected chi connectivity index (χ0v) is 12.0. The van der Waals surface area contributed by atoms with Gasteiger partial charge in [0.25, 0.3) is 0 Å². The fraction of sp³-hybridized carbons (Fsp3) is 0.308. The number of anilines is 1. The van der Waals surface area contributed by atoms with Crippen molar-refractivity contribution in [2.75, 3.05) is 11.1 Å². The number of hydrogen-bond donors (Lipinski definition) is 2. The number of hydrogen-bond acceptors (Lipinski definition) is 6. The molecule has 2 rings (SSSR count). The summed E-state index contributed by atoms with van der Waals surface area (Å²) < 4.78 is 5.06. The largest absolute Gasteiger partial charge is 0.504 e. The standard InChI is InChI=1S/C13H15N3O3S/c1-8-10(9(2)19-16-8)6-20-7-12(18)15-13-11(17)4-3-5-14-13/h3-5,17H,6-7H2,1-2H3,(H,14,15,18). The Kier molecular flexibility index (Phi) is 4.62. The van der Waals surface area contributed by atoms with E-state index in [1.807, 2.05) is 13.8 Å². The lowest BCUT2D eigenvalue weighted by Gasteiger charge is -2.05. The summed E-state index contributed by atoms with van der Waals surface area (Å²) in [7, 11) is 0. The minimum Gasteiger partial charge on any atom is -0.504 e. The van der Waals surface area contributed by atoms with Crippen LogP contribution in [0, 0.1) is 13.8 Å². The van der Waals surface area contributed by atoms with Crippen LogP contribution in [-0.2, 0) is 10.5 Å². The summed E-state index contributed by atoms with van der Waals surface area (Å²) in [4.78, 5) is 15.6.